The van der Waals surface area contributed by atoms with Crippen LogP contribution in [0.3, 0.4) is 0 Å². The van der Waals surface area contributed by atoms with Crippen LogP contribution in [0, 0.1) is 22.7 Å². The summed E-state index contributed by atoms with van der Waals surface area (Å²) in [6, 6.07) is 7.92. The molecule has 3 aromatic rings. The Labute approximate surface area is 232 Å². The number of rotatable bonds is 10. The van der Waals surface area contributed by atoms with E-state index in [4.69, 9.17) is 9.47 Å². The van der Waals surface area contributed by atoms with Gasteiger partial charge in [-0.05, 0) is 55.2 Å². The van der Waals surface area contributed by atoms with Crippen LogP contribution in [0.15, 0.2) is 23.4 Å². The standard InChI is InChI=1S/C28H35N5O3S2/c1-7-28(3,4)18-9-10-21-22(15-29)26(38-23(21)13-18)30-24(34)16-37-27-32-31-25(33(27)8-2)17-11-19(35-5)14-20(12-17)36-6/h11-12,14,18H,7-10,13,16H2,1-6H3,(H,30,34)/t18-/m1/s1. The first-order valence-electron chi connectivity index (χ1n) is 12.9. The molecule has 1 atom stereocenters. The fourth-order valence-electron chi connectivity index (χ4n) is 4.87. The van der Waals surface area contributed by atoms with E-state index >= 15 is 0 Å². The molecule has 0 unspecified atom stereocenters. The number of fused-ring (bicyclic) bond motifs is 1. The van der Waals surface area contributed by atoms with Crippen LogP contribution in [0.5, 0.6) is 11.5 Å². The molecule has 0 aliphatic heterocycles. The summed E-state index contributed by atoms with van der Waals surface area (Å²) in [5.41, 5.74) is 2.83. The van der Waals surface area contributed by atoms with Gasteiger partial charge in [0.1, 0.15) is 22.6 Å². The van der Waals surface area contributed by atoms with E-state index in [0.717, 1.165) is 36.8 Å². The number of amides is 1. The van der Waals surface area contributed by atoms with Crippen molar-refractivity contribution in [2.24, 2.45) is 11.3 Å². The molecule has 1 aromatic carbocycles. The lowest BCUT2D eigenvalue weighted by molar-refractivity contribution is -0.113. The summed E-state index contributed by atoms with van der Waals surface area (Å²) in [5.74, 6) is 2.59. The van der Waals surface area contributed by atoms with Crippen molar-refractivity contribution in [2.45, 2.75) is 65.1 Å². The second-order valence-electron chi connectivity index (χ2n) is 10.1. The van der Waals surface area contributed by atoms with Gasteiger partial charge in [-0.15, -0.1) is 21.5 Å². The Bertz CT molecular complexity index is 1330. The largest absolute Gasteiger partial charge is 0.497 e. The Balaban J connectivity index is 1.47. The van der Waals surface area contributed by atoms with Crippen molar-refractivity contribution >= 4 is 34.0 Å². The Morgan fingerprint density at radius 1 is 1.24 bits per heavy atom. The van der Waals surface area contributed by atoms with Gasteiger partial charge in [-0.3, -0.25) is 4.79 Å². The number of anilines is 1. The minimum absolute atomic E-state index is 0.161. The van der Waals surface area contributed by atoms with E-state index in [0.29, 0.717) is 45.5 Å². The quantitative estimate of drug-likeness (QED) is 0.299. The molecule has 8 nitrogen and oxygen atoms in total. The van der Waals surface area contributed by atoms with E-state index < -0.39 is 0 Å². The van der Waals surface area contributed by atoms with Crippen LogP contribution in [-0.4, -0.2) is 40.6 Å². The van der Waals surface area contributed by atoms with Crippen molar-refractivity contribution in [3.63, 3.8) is 0 Å². The van der Waals surface area contributed by atoms with E-state index in [1.807, 2.05) is 23.6 Å². The van der Waals surface area contributed by atoms with E-state index in [2.05, 4.69) is 42.4 Å². The Hall–Kier alpha value is -3.03. The highest BCUT2D eigenvalue weighted by molar-refractivity contribution is 7.99. The molecule has 0 radical (unpaired) electrons. The van der Waals surface area contributed by atoms with Gasteiger partial charge in [0.05, 0.1) is 25.5 Å². The molecular formula is C28H35N5O3S2. The monoisotopic (exact) mass is 553 g/mol. The number of thioether (sulfide) groups is 1. The lowest BCUT2D eigenvalue weighted by Crippen LogP contribution is -2.28. The zero-order chi connectivity index (χ0) is 27.4. The lowest BCUT2D eigenvalue weighted by Gasteiger charge is -2.36. The van der Waals surface area contributed by atoms with Crippen LogP contribution >= 0.6 is 23.1 Å². The van der Waals surface area contributed by atoms with Crippen molar-refractivity contribution in [2.75, 3.05) is 25.3 Å². The molecule has 1 N–H and O–H groups in total. The van der Waals surface area contributed by atoms with Gasteiger partial charge in [-0.2, -0.15) is 5.26 Å². The van der Waals surface area contributed by atoms with Crippen molar-refractivity contribution in [3.8, 4) is 29.0 Å². The molecule has 0 saturated heterocycles. The van der Waals surface area contributed by atoms with Gasteiger partial charge in [0, 0.05) is 23.1 Å². The van der Waals surface area contributed by atoms with Crippen LogP contribution in [0.2, 0.25) is 0 Å². The molecule has 202 valence electrons. The third kappa shape index (κ3) is 5.69. The number of carbonyl (C=O) groups excluding carboxylic acids is 1. The molecule has 1 amide bonds. The van der Waals surface area contributed by atoms with Crippen molar-refractivity contribution < 1.29 is 14.3 Å². The van der Waals surface area contributed by atoms with Crippen molar-refractivity contribution in [1.29, 1.82) is 5.26 Å². The van der Waals surface area contributed by atoms with Crippen LogP contribution in [0.4, 0.5) is 5.00 Å². The summed E-state index contributed by atoms with van der Waals surface area (Å²) in [4.78, 5) is 14.2. The molecule has 2 aromatic heterocycles. The maximum atomic E-state index is 13.0. The van der Waals surface area contributed by atoms with Gasteiger partial charge in [0.15, 0.2) is 11.0 Å². The predicted molar refractivity (Wildman–Crippen MR) is 152 cm³/mol. The van der Waals surface area contributed by atoms with Crippen molar-refractivity contribution in [3.05, 3.63) is 34.2 Å². The number of hydrogen-bond acceptors (Lipinski definition) is 8. The van der Waals surface area contributed by atoms with Gasteiger partial charge in [0.25, 0.3) is 0 Å². The highest BCUT2D eigenvalue weighted by atomic mass is 32.2. The number of nitrogens with one attached hydrogen (secondary N) is 1. The summed E-state index contributed by atoms with van der Waals surface area (Å²) in [6.07, 6.45) is 4.07. The molecule has 0 bridgehead atoms. The summed E-state index contributed by atoms with van der Waals surface area (Å²) >= 11 is 2.89. The highest BCUT2D eigenvalue weighted by Gasteiger charge is 2.34. The maximum Gasteiger partial charge on any atom is 0.235 e. The molecular weight excluding hydrogens is 518 g/mol. The number of benzene rings is 1. The number of carbonyl (C=O) groups is 1. The summed E-state index contributed by atoms with van der Waals surface area (Å²) in [7, 11) is 3.21. The van der Waals surface area contributed by atoms with Gasteiger partial charge in [-0.1, -0.05) is 39.0 Å². The van der Waals surface area contributed by atoms with E-state index in [1.54, 1.807) is 31.6 Å². The Morgan fingerprint density at radius 2 is 1.95 bits per heavy atom. The zero-order valence-electron chi connectivity index (χ0n) is 22.9. The number of hydrogen-bond donors (Lipinski definition) is 1. The smallest absolute Gasteiger partial charge is 0.235 e. The molecule has 4 rings (SSSR count). The predicted octanol–water partition coefficient (Wildman–Crippen LogP) is 6.19. The number of thiophene rings is 1. The second-order valence-corrected chi connectivity index (χ2v) is 12.1. The SMILES string of the molecule is CCn1c(SCC(=O)Nc2sc3c(c2C#N)CC[C@@H](C(C)(C)CC)C3)nnc1-c1cc(OC)cc(OC)c1. The summed E-state index contributed by atoms with van der Waals surface area (Å²) in [6.45, 7) is 9.54. The molecule has 2 heterocycles. The van der Waals surface area contributed by atoms with E-state index in [9.17, 15) is 10.1 Å². The fraction of sp³-hybridized carbons (Fsp3) is 0.500. The average molecular weight is 554 g/mol. The molecule has 0 spiro atoms. The summed E-state index contributed by atoms with van der Waals surface area (Å²) in [5, 5.41) is 22.9. The zero-order valence-corrected chi connectivity index (χ0v) is 24.5. The van der Waals surface area contributed by atoms with Crippen LogP contribution in [0.25, 0.3) is 11.4 Å². The maximum absolute atomic E-state index is 13.0. The lowest BCUT2D eigenvalue weighted by atomic mass is 9.69. The molecule has 38 heavy (non-hydrogen) atoms. The first-order chi connectivity index (χ1) is 18.2. The van der Waals surface area contributed by atoms with Crippen LogP contribution in [-0.2, 0) is 24.2 Å². The third-order valence-electron chi connectivity index (χ3n) is 7.62. The van der Waals surface area contributed by atoms with E-state index in [1.165, 1.54) is 16.6 Å². The molecule has 1 aliphatic carbocycles. The number of ether oxygens (including phenoxy) is 2. The molecule has 1 aliphatic rings. The molecule has 10 heteroatoms. The van der Waals surface area contributed by atoms with E-state index in [-0.39, 0.29) is 17.1 Å². The van der Waals surface area contributed by atoms with Gasteiger partial charge in [0.2, 0.25) is 5.91 Å². The molecule has 0 saturated carbocycles. The third-order valence-corrected chi connectivity index (χ3v) is 9.76. The number of nitrogens with zero attached hydrogens (tertiary/aromatic N) is 4. The highest BCUT2D eigenvalue weighted by Crippen LogP contribution is 2.45. The minimum atomic E-state index is -0.161. The number of nitriles is 1. The Kier molecular flexibility index (Phi) is 8.68. The fourth-order valence-corrected chi connectivity index (χ4v) is 6.97. The normalized spacial score (nSPS) is 15.0. The van der Waals surface area contributed by atoms with Crippen LogP contribution in [0.1, 0.15) is 56.5 Å². The Morgan fingerprint density at radius 3 is 2.55 bits per heavy atom. The van der Waals surface area contributed by atoms with Gasteiger partial charge in [-0.25, -0.2) is 0 Å². The van der Waals surface area contributed by atoms with Gasteiger partial charge >= 0.3 is 0 Å². The number of aromatic nitrogens is 3. The first kappa shape index (κ1) is 28.0. The summed E-state index contributed by atoms with van der Waals surface area (Å²) < 4.78 is 12.8. The second kappa shape index (κ2) is 11.8. The van der Waals surface area contributed by atoms with Crippen LogP contribution < -0.4 is 14.8 Å². The van der Waals surface area contributed by atoms with Gasteiger partial charge < -0.3 is 19.4 Å². The minimum Gasteiger partial charge on any atom is -0.497 e. The topological polar surface area (TPSA) is 102 Å². The van der Waals surface area contributed by atoms with Crippen molar-refractivity contribution in [1.82, 2.24) is 14.8 Å². The average Bonchev–Trinajstić information content (AvgIpc) is 3.51. The number of methoxy groups -OCH3 is 2. The molecule has 0 fully saturated rings. The first-order valence-corrected chi connectivity index (χ1v) is 14.7.